The molecule has 0 bridgehead atoms. The summed E-state index contributed by atoms with van der Waals surface area (Å²) in [6, 6.07) is 4.23. The number of rotatable bonds is 2. The monoisotopic (exact) mass is 265 g/mol. The first-order valence-electron chi connectivity index (χ1n) is 5.81. The largest absolute Gasteiger partial charge is 0.346 e. The SMILES string of the molecule is Cc1sc(N2CCNCC2)nc1-c1cccs1. The number of hydrogen-bond acceptors (Lipinski definition) is 5. The van der Waals surface area contributed by atoms with Crippen molar-refractivity contribution in [2.45, 2.75) is 6.92 Å². The third-order valence-electron chi connectivity index (χ3n) is 2.93. The molecule has 1 aliphatic rings. The summed E-state index contributed by atoms with van der Waals surface area (Å²) in [6.45, 7) is 6.42. The van der Waals surface area contributed by atoms with Gasteiger partial charge < -0.3 is 10.2 Å². The molecule has 0 saturated carbocycles. The van der Waals surface area contributed by atoms with Crippen molar-refractivity contribution in [1.82, 2.24) is 10.3 Å². The van der Waals surface area contributed by atoms with Crippen molar-refractivity contribution in [2.75, 3.05) is 31.1 Å². The zero-order valence-corrected chi connectivity index (χ0v) is 11.4. The highest BCUT2D eigenvalue weighted by Crippen LogP contribution is 2.34. The van der Waals surface area contributed by atoms with Crippen LogP contribution in [0.2, 0.25) is 0 Å². The molecule has 3 heterocycles. The lowest BCUT2D eigenvalue weighted by atomic mass is 10.3. The van der Waals surface area contributed by atoms with E-state index >= 15 is 0 Å². The number of piperazine rings is 1. The Kier molecular flexibility index (Phi) is 3.13. The molecule has 0 atom stereocenters. The maximum atomic E-state index is 4.80. The first-order valence-corrected chi connectivity index (χ1v) is 7.51. The molecule has 1 N–H and O–H groups in total. The van der Waals surface area contributed by atoms with E-state index in [1.807, 2.05) is 11.3 Å². The molecule has 90 valence electrons. The molecule has 17 heavy (non-hydrogen) atoms. The standard InChI is InChI=1S/C12H15N3S2/c1-9-11(10-3-2-8-16-10)14-12(17-9)15-6-4-13-5-7-15/h2-3,8,13H,4-7H2,1H3. The first kappa shape index (κ1) is 11.2. The van der Waals surface area contributed by atoms with Crippen LogP contribution in [0, 0.1) is 6.92 Å². The summed E-state index contributed by atoms with van der Waals surface area (Å²) in [5.41, 5.74) is 1.17. The lowest BCUT2D eigenvalue weighted by Gasteiger charge is -2.26. The predicted octanol–water partition coefficient (Wildman–Crippen LogP) is 2.59. The average Bonchev–Trinajstić information content (AvgIpc) is 2.99. The van der Waals surface area contributed by atoms with Crippen molar-refractivity contribution in [3.05, 3.63) is 22.4 Å². The summed E-state index contributed by atoms with van der Waals surface area (Å²) >= 11 is 3.58. The summed E-state index contributed by atoms with van der Waals surface area (Å²) in [5, 5.41) is 6.65. The summed E-state index contributed by atoms with van der Waals surface area (Å²) in [4.78, 5) is 9.78. The van der Waals surface area contributed by atoms with Gasteiger partial charge in [0.05, 0.1) is 10.6 Å². The highest BCUT2D eigenvalue weighted by molar-refractivity contribution is 7.17. The van der Waals surface area contributed by atoms with Gasteiger partial charge in [0.1, 0.15) is 0 Å². The third-order valence-corrected chi connectivity index (χ3v) is 4.84. The van der Waals surface area contributed by atoms with E-state index in [1.54, 1.807) is 11.3 Å². The summed E-state index contributed by atoms with van der Waals surface area (Å²) in [5.74, 6) is 0. The van der Waals surface area contributed by atoms with Crippen LogP contribution in [-0.2, 0) is 0 Å². The lowest BCUT2D eigenvalue weighted by Crippen LogP contribution is -2.43. The molecule has 5 heteroatoms. The summed E-state index contributed by atoms with van der Waals surface area (Å²) < 4.78 is 0. The third kappa shape index (κ3) is 2.22. The smallest absolute Gasteiger partial charge is 0.186 e. The summed E-state index contributed by atoms with van der Waals surface area (Å²) in [6.07, 6.45) is 0. The number of aromatic nitrogens is 1. The first-order chi connectivity index (χ1) is 8.34. The van der Waals surface area contributed by atoms with Crippen LogP contribution in [0.4, 0.5) is 5.13 Å². The molecule has 0 unspecified atom stereocenters. The summed E-state index contributed by atoms with van der Waals surface area (Å²) in [7, 11) is 0. The van der Waals surface area contributed by atoms with Gasteiger partial charge in [-0.2, -0.15) is 0 Å². The van der Waals surface area contributed by atoms with Gasteiger partial charge in [-0.05, 0) is 18.4 Å². The predicted molar refractivity (Wildman–Crippen MR) is 75.2 cm³/mol. The molecule has 1 saturated heterocycles. The van der Waals surface area contributed by atoms with Crippen LogP contribution in [0.3, 0.4) is 0 Å². The van der Waals surface area contributed by atoms with E-state index in [1.165, 1.54) is 20.6 Å². The average molecular weight is 265 g/mol. The molecule has 0 amide bonds. The van der Waals surface area contributed by atoms with Crippen LogP contribution in [0.15, 0.2) is 17.5 Å². The Morgan fingerprint density at radius 1 is 1.35 bits per heavy atom. The highest BCUT2D eigenvalue weighted by Gasteiger charge is 2.17. The second-order valence-electron chi connectivity index (χ2n) is 4.12. The molecule has 0 aromatic carbocycles. The van der Waals surface area contributed by atoms with Crippen molar-refractivity contribution in [1.29, 1.82) is 0 Å². The normalized spacial score (nSPS) is 16.4. The number of aryl methyl sites for hydroxylation is 1. The van der Waals surface area contributed by atoms with Gasteiger partial charge in [-0.25, -0.2) is 4.98 Å². The second kappa shape index (κ2) is 4.76. The number of anilines is 1. The minimum atomic E-state index is 1.06. The molecule has 2 aromatic rings. The topological polar surface area (TPSA) is 28.2 Å². The number of nitrogens with zero attached hydrogens (tertiary/aromatic N) is 2. The zero-order valence-electron chi connectivity index (χ0n) is 9.77. The van der Waals surface area contributed by atoms with Gasteiger partial charge in [-0.1, -0.05) is 6.07 Å². The van der Waals surface area contributed by atoms with E-state index < -0.39 is 0 Å². The quantitative estimate of drug-likeness (QED) is 0.904. The molecular weight excluding hydrogens is 250 g/mol. The minimum Gasteiger partial charge on any atom is -0.346 e. The van der Waals surface area contributed by atoms with Crippen molar-refractivity contribution in [3.8, 4) is 10.6 Å². The Morgan fingerprint density at radius 3 is 2.88 bits per heavy atom. The van der Waals surface area contributed by atoms with E-state index in [-0.39, 0.29) is 0 Å². The van der Waals surface area contributed by atoms with Crippen molar-refractivity contribution in [2.24, 2.45) is 0 Å². The van der Waals surface area contributed by atoms with Gasteiger partial charge in [-0.3, -0.25) is 0 Å². The molecule has 3 rings (SSSR count). The number of thiazole rings is 1. The van der Waals surface area contributed by atoms with E-state index in [0.29, 0.717) is 0 Å². The Hall–Kier alpha value is -0.910. The molecule has 2 aromatic heterocycles. The van der Waals surface area contributed by atoms with Gasteiger partial charge in [0.25, 0.3) is 0 Å². The van der Waals surface area contributed by atoms with Gasteiger partial charge >= 0.3 is 0 Å². The molecular formula is C12H15N3S2. The van der Waals surface area contributed by atoms with Gasteiger partial charge in [0.15, 0.2) is 5.13 Å². The number of hydrogen-bond donors (Lipinski definition) is 1. The van der Waals surface area contributed by atoms with Gasteiger partial charge in [-0.15, -0.1) is 22.7 Å². The van der Waals surface area contributed by atoms with Crippen LogP contribution in [0.5, 0.6) is 0 Å². The fraction of sp³-hybridized carbons (Fsp3) is 0.417. The highest BCUT2D eigenvalue weighted by atomic mass is 32.1. The van der Waals surface area contributed by atoms with E-state index in [0.717, 1.165) is 26.2 Å². The Balaban J connectivity index is 1.90. The molecule has 1 aliphatic heterocycles. The van der Waals surface area contributed by atoms with Crippen molar-refractivity contribution >= 4 is 27.8 Å². The van der Waals surface area contributed by atoms with Crippen LogP contribution in [0.25, 0.3) is 10.6 Å². The van der Waals surface area contributed by atoms with Gasteiger partial charge in [0.2, 0.25) is 0 Å². The maximum Gasteiger partial charge on any atom is 0.186 e. The van der Waals surface area contributed by atoms with E-state index in [4.69, 9.17) is 4.98 Å². The van der Waals surface area contributed by atoms with Crippen LogP contribution >= 0.6 is 22.7 Å². The second-order valence-corrected chi connectivity index (χ2v) is 6.24. The molecule has 0 aliphatic carbocycles. The molecule has 0 radical (unpaired) electrons. The molecule has 1 fully saturated rings. The van der Waals surface area contributed by atoms with Gasteiger partial charge in [0, 0.05) is 31.1 Å². The fourth-order valence-corrected chi connectivity index (χ4v) is 3.83. The Labute approximate surface area is 109 Å². The number of thiophene rings is 1. The maximum absolute atomic E-state index is 4.80. The van der Waals surface area contributed by atoms with E-state index in [9.17, 15) is 0 Å². The van der Waals surface area contributed by atoms with Crippen molar-refractivity contribution < 1.29 is 0 Å². The number of nitrogens with one attached hydrogen (secondary N) is 1. The minimum absolute atomic E-state index is 1.06. The van der Waals surface area contributed by atoms with Crippen molar-refractivity contribution in [3.63, 3.8) is 0 Å². The Morgan fingerprint density at radius 2 is 2.18 bits per heavy atom. The van der Waals surface area contributed by atoms with Crippen LogP contribution in [0.1, 0.15) is 4.88 Å². The van der Waals surface area contributed by atoms with Crippen LogP contribution < -0.4 is 10.2 Å². The molecule has 0 spiro atoms. The Bertz CT molecular complexity index is 484. The van der Waals surface area contributed by atoms with E-state index in [2.05, 4.69) is 34.7 Å². The zero-order chi connectivity index (χ0) is 11.7. The van der Waals surface area contributed by atoms with Crippen LogP contribution in [-0.4, -0.2) is 31.2 Å². The lowest BCUT2D eigenvalue weighted by molar-refractivity contribution is 0.588. The fourth-order valence-electron chi connectivity index (χ4n) is 2.02. The molecule has 3 nitrogen and oxygen atoms in total.